The molecule has 0 aliphatic rings. The van der Waals surface area contributed by atoms with Crippen molar-refractivity contribution in [3.63, 3.8) is 0 Å². The summed E-state index contributed by atoms with van der Waals surface area (Å²) in [6.07, 6.45) is 0. The van der Waals surface area contributed by atoms with Crippen LogP contribution in [0.2, 0.25) is 5.02 Å². The Hall–Kier alpha value is -2.86. The molecule has 0 aliphatic heterocycles. The Morgan fingerprint density at radius 1 is 1.17 bits per heavy atom. The second-order valence-corrected chi connectivity index (χ2v) is 5.65. The Morgan fingerprint density at radius 2 is 1.88 bits per heavy atom. The van der Waals surface area contributed by atoms with E-state index < -0.39 is 0 Å². The Bertz CT molecular complexity index is 840. The molecule has 1 aromatic heterocycles. The number of hydrogen-bond donors (Lipinski definition) is 2. The number of aromatic nitrogens is 2. The van der Waals surface area contributed by atoms with Crippen LogP contribution in [0.15, 0.2) is 58.0 Å². The molecule has 0 amide bonds. The predicted molar refractivity (Wildman–Crippen MR) is 94.9 cm³/mol. The quantitative estimate of drug-likeness (QED) is 0.558. The molecule has 0 unspecified atom stereocenters. The van der Waals surface area contributed by atoms with Crippen LogP contribution in [-0.2, 0) is 6.54 Å². The molecule has 0 spiro atoms. The normalized spacial score (nSPS) is 11.5. The fraction of sp³-hybridized carbons (Fsp3) is 0.118. The van der Waals surface area contributed by atoms with E-state index in [0.29, 0.717) is 16.7 Å². The topological polar surface area (TPSA) is 89.3 Å². The van der Waals surface area contributed by atoms with Crippen LogP contribution >= 0.6 is 11.6 Å². The summed E-state index contributed by atoms with van der Waals surface area (Å²) in [5.41, 5.74) is 8.73. The monoisotopic (exact) mass is 341 g/mol. The largest absolute Gasteiger partial charge is 0.370 e. The van der Waals surface area contributed by atoms with Crippen molar-refractivity contribution in [3.8, 4) is 11.4 Å². The highest BCUT2D eigenvalue weighted by Crippen LogP contribution is 2.18. The molecule has 0 aliphatic carbocycles. The SMILES string of the molecule is Cc1ccc(NC(N)=NCc2nc(-c3ccc(Cl)cc3)no2)cc1. The van der Waals surface area contributed by atoms with Crippen LogP contribution in [0.25, 0.3) is 11.4 Å². The third-order valence-electron chi connectivity index (χ3n) is 3.28. The number of benzene rings is 2. The molecular weight excluding hydrogens is 326 g/mol. The summed E-state index contributed by atoms with van der Waals surface area (Å²) in [6, 6.07) is 15.0. The van der Waals surface area contributed by atoms with Crippen LogP contribution in [0.4, 0.5) is 5.69 Å². The summed E-state index contributed by atoms with van der Waals surface area (Å²) in [5.74, 6) is 1.15. The summed E-state index contributed by atoms with van der Waals surface area (Å²) in [5, 5.41) is 7.59. The third-order valence-corrected chi connectivity index (χ3v) is 3.53. The van der Waals surface area contributed by atoms with Crippen molar-refractivity contribution in [1.82, 2.24) is 10.1 Å². The molecule has 7 heteroatoms. The minimum Gasteiger partial charge on any atom is -0.370 e. The van der Waals surface area contributed by atoms with E-state index in [-0.39, 0.29) is 12.5 Å². The minimum atomic E-state index is 0.200. The Balaban J connectivity index is 1.63. The highest BCUT2D eigenvalue weighted by molar-refractivity contribution is 6.30. The first-order chi connectivity index (χ1) is 11.6. The highest BCUT2D eigenvalue weighted by Gasteiger charge is 2.08. The second kappa shape index (κ2) is 7.14. The van der Waals surface area contributed by atoms with E-state index in [1.54, 1.807) is 12.1 Å². The maximum atomic E-state index is 5.86. The highest BCUT2D eigenvalue weighted by atomic mass is 35.5. The third kappa shape index (κ3) is 4.11. The van der Waals surface area contributed by atoms with E-state index >= 15 is 0 Å². The van der Waals surface area contributed by atoms with Crippen LogP contribution in [0.5, 0.6) is 0 Å². The van der Waals surface area contributed by atoms with E-state index in [0.717, 1.165) is 11.3 Å². The maximum Gasteiger partial charge on any atom is 0.248 e. The zero-order valence-electron chi connectivity index (χ0n) is 13.0. The van der Waals surface area contributed by atoms with Crippen molar-refractivity contribution >= 4 is 23.2 Å². The number of hydrogen-bond acceptors (Lipinski definition) is 4. The molecular formula is C17H16ClN5O. The molecule has 24 heavy (non-hydrogen) atoms. The van der Waals surface area contributed by atoms with Crippen molar-refractivity contribution in [3.05, 3.63) is 65.0 Å². The number of nitrogens with zero attached hydrogens (tertiary/aromatic N) is 3. The average molecular weight is 342 g/mol. The lowest BCUT2D eigenvalue weighted by atomic mass is 10.2. The molecule has 0 atom stereocenters. The lowest BCUT2D eigenvalue weighted by Gasteiger charge is -2.04. The van der Waals surface area contributed by atoms with Crippen LogP contribution in [0.3, 0.4) is 0 Å². The number of nitrogens with one attached hydrogen (secondary N) is 1. The van der Waals surface area contributed by atoms with Gasteiger partial charge in [0.05, 0.1) is 0 Å². The Morgan fingerprint density at radius 3 is 2.58 bits per heavy atom. The number of aryl methyl sites for hydroxylation is 1. The van der Waals surface area contributed by atoms with Gasteiger partial charge < -0.3 is 15.6 Å². The Kier molecular flexibility index (Phi) is 4.77. The average Bonchev–Trinajstić information content (AvgIpc) is 3.05. The van der Waals surface area contributed by atoms with Gasteiger partial charge in [-0.2, -0.15) is 4.98 Å². The molecule has 1 heterocycles. The van der Waals surface area contributed by atoms with Gasteiger partial charge in [0, 0.05) is 16.3 Å². The van der Waals surface area contributed by atoms with Gasteiger partial charge in [-0.05, 0) is 43.3 Å². The molecule has 3 aromatic rings. The first-order valence-electron chi connectivity index (χ1n) is 7.32. The number of guanidine groups is 1. The van der Waals surface area contributed by atoms with Crippen molar-refractivity contribution in [2.24, 2.45) is 10.7 Å². The van der Waals surface area contributed by atoms with E-state index in [1.165, 1.54) is 5.56 Å². The molecule has 2 aromatic carbocycles. The van der Waals surface area contributed by atoms with E-state index in [2.05, 4.69) is 20.4 Å². The van der Waals surface area contributed by atoms with Gasteiger partial charge >= 0.3 is 0 Å². The summed E-state index contributed by atoms with van der Waals surface area (Å²) in [6.45, 7) is 2.22. The van der Waals surface area contributed by atoms with Crippen molar-refractivity contribution < 1.29 is 4.52 Å². The Labute approximate surface area is 144 Å². The van der Waals surface area contributed by atoms with Gasteiger partial charge in [0.25, 0.3) is 0 Å². The van der Waals surface area contributed by atoms with Gasteiger partial charge in [0.15, 0.2) is 5.96 Å². The smallest absolute Gasteiger partial charge is 0.248 e. The molecule has 122 valence electrons. The van der Waals surface area contributed by atoms with Gasteiger partial charge in [-0.1, -0.05) is 34.5 Å². The zero-order valence-corrected chi connectivity index (χ0v) is 13.8. The van der Waals surface area contributed by atoms with Crippen LogP contribution < -0.4 is 11.1 Å². The van der Waals surface area contributed by atoms with E-state index in [1.807, 2.05) is 43.3 Å². The molecule has 3 rings (SSSR count). The molecule has 0 bridgehead atoms. The molecule has 0 fully saturated rings. The molecule has 0 saturated carbocycles. The molecule has 0 saturated heterocycles. The van der Waals surface area contributed by atoms with Crippen molar-refractivity contribution in [2.45, 2.75) is 13.5 Å². The standard InChI is InChI=1S/C17H16ClN5O/c1-11-2-8-14(9-3-11)21-17(19)20-10-15-22-16(23-24-15)12-4-6-13(18)7-5-12/h2-9H,10H2,1H3,(H3,19,20,21). The summed E-state index contributed by atoms with van der Waals surface area (Å²) in [4.78, 5) is 8.49. The van der Waals surface area contributed by atoms with Gasteiger partial charge in [-0.3, -0.25) is 0 Å². The lowest BCUT2D eigenvalue weighted by molar-refractivity contribution is 0.381. The summed E-state index contributed by atoms with van der Waals surface area (Å²) in [7, 11) is 0. The van der Waals surface area contributed by atoms with Crippen LogP contribution in [0.1, 0.15) is 11.5 Å². The molecule has 6 nitrogen and oxygen atoms in total. The van der Waals surface area contributed by atoms with Gasteiger partial charge in [-0.15, -0.1) is 0 Å². The van der Waals surface area contributed by atoms with Gasteiger partial charge in [0.1, 0.15) is 6.54 Å². The first-order valence-corrected chi connectivity index (χ1v) is 7.70. The number of rotatable bonds is 4. The van der Waals surface area contributed by atoms with Crippen LogP contribution in [0, 0.1) is 6.92 Å². The minimum absolute atomic E-state index is 0.200. The predicted octanol–water partition coefficient (Wildman–Crippen LogP) is 3.63. The maximum absolute atomic E-state index is 5.86. The fourth-order valence-electron chi connectivity index (χ4n) is 2.01. The number of aliphatic imine (C=N–C) groups is 1. The number of halogens is 1. The lowest BCUT2D eigenvalue weighted by Crippen LogP contribution is -2.22. The molecule has 3 N–H and O–H groups in total. The molecule has 0 radical (unpaired) electrons. The summed E-state index contributed by atoms with van der Waals surface area (Å²) < 4.78 is 5.18. The summed E-state index contributed by atoms with van der Waals surface area (Å²) >= 11 is 5.86. The van der Waals surface area contributed by atoms with E-state index in [9.17, 15) is 0 Å². The van der Waals surface area contributed by atoms with Crippen molar-refractivity contribution in [1.29, 1.82) is 0 Å². The zero-order chi connectivity index (χ0) is 16.9. The van der Waals surface area contributed by atoms with Gasteiger partial charge in [-0.25, -0.2) is 4.99 Å². The number of nitrogens with two attached hydrogens (primary N) is 1. The van der Waals surface area contributed by atoms with Crippen LogP contribution in [-0.4, -0.2) is 16.1 Å². The first kappa shape index (κ1) is 16.0. The van der Waals surface area contributed by atoms with Crippen molar-refractivity contribution in [2.75, 3.05) is 5.32 Å². The van der Waals surface area contributed by atoms with E-state index in [4.69, 9.17) is 21.9 Å². The second-order valence-electron chi connectivity index (χ2n) is 5.21. The fourth-order valence-corrected chi connectivity index (χ4v) is 2.14. The number of anilines is 1. The van der Waals surface area contributed by atoms with Gasteiger partial charge in [0.2, 0.25) is 11.7 Å².